The molecule has 0 saturated heterocycles. The first kappa shape index (κ1) is 16.5. The zero-order valence-electron chi connectivity index (χ0n) is 12.6. The van der Waals surface area contributed by atoms with E-state index in [2.05, 4.69) is 4.98 Å². The van der Waals surface area contributed by atoms with Crippen LogP contribution in [0, 0.1) is 0 Å². The normalized spacial score (nSPS) is 10.5. The minimum absolute atomic E-state index is 0.0407. The molecular weight excluding hydrogens is 296 g/mol. The number of thioether (sulfide) groups is 1. The summed E-state index contributed by atoms with van der Waals surface area (Å²) in [4.78, 5) is 18.5. The summed E-state index contributed by atoms with van der Waals surface area (Å²) in [5.41, 5.74) is 1.79. The molecule has 2 rings (SSSR count). The van der Waals surface area contributed by atoms with Crippen LogP contribution < -0.4 is 0 Å². The molecule has 4 nitrogen and oxygen atoms in total. The molecule has 2 aromatic rings. The van der Waals surface area contributed by atoms with Crippen molar-refractivity contribution in [2.45, 2.75) is 11.4 Å². The summed E-state index contributed by atoms with van der Waals surface area (Å²) in [7, 11) is 0. The number of aliphatic hydroxyl groups excluding tert-OH is 1. The average Bonchev–Trinajstić information content (AvgIpc) is 2.59. The second-order valence-electron chi connectivity index (χ2n) is 4.84. The van der Waals surface area contributed by atoms with Crippen molar-refractivity contribution in [2.75, 3.05) is 26.0 Å². The number of nitrogens with zero attached hydrogens (tertiary/aromatic N) is 2. The minimum Gasteiger partial charge on any atom is -0.395 e. The fourth-order valence-electron chi connectivity index (χ4n) is 2.18. The van der Waals surface area contributed by atoms with Crippen LogP contribution in [0.5, 0.6) is 0 Å². The van der Waals surface area contributed by atoms with Crippen molar-refractivity contribution in [2.24, 2.45) is 0 Å². The number of carbonyl (C=O) groups is 1. The molecule has 0 saturated carbocycles. The second-order valence-corrected chi connectivity index (χ2v) is 5.66. The Bertz CT molecular complexity index is 605. The zero-order valence-corrected chi connectivity index (χ0v) is 13.4. The Labute approximate surface area is 135 Å². The van der Waals surface area contributed by atoms with Crippen LogP contribution in [0.2, 0.25) is 0 Å². The largest absolute Gasteiger partial charge is 0.395 e. The monoisotopic (exact) mass is 316 g/mol. The van der Waals surface area contributed by atoms with E-state index in [4.69, 9.17) is 0 Å². The third-order valence-corrected chi connectivity index (χ3v) is 4.00. The molecule has 116 valence electrons. The van der Waals surface area contributed by atoms with Gasteiger partial charge in [0.1, 0.15) is 0 Å². The molecule has 5 heteroatoms. The fraction of sp³-hybridized carbons (Fsp3) is 0.294. The summed E-state index contributed by atoms with van der Waals surface area (Å²) in [5, 5.41) is 10.0. The molecule has 0 spiro atoms. The lowest BCUT2D eigenvalue weighted by Crippen LogP contribution is -2.35. The highest BCUT2D eigenvalue weighted by Crippen LogP contribution is 2.14. The van der Waals surface area contributed by atoms with E-state index in [1.165, 1.54) is 17.3 Å². The number of pyridine rings is 1. The number of rotatable bonds is 7. The van der Waals surface area contributed by atoms with E-state index in [0.717, 1.165) is 11.4 Å². The van der Waals surface area contributed by atoms with Crippen LogP contribution in [0.1, 0.15) is 15.9 Å². The fourth-order valence-corrected chi connectivity index (χ4v) is 2.59. The van der Waals surface area contributed by atoms with Gasteiger partial charge in [-0.25, -0.2) is 4.98 Å². The Hall–Kier alpha value is -1.85. The third kappa shape index (κ3) is 4.58. The van der Waals surface area contributed by atoms with Gasteiger partial charge in [0.25, 0.3) is 5.91 Å². The first-order valence-corrected chi connectivity index (χ1v) is 8.41. The molecule has 0 aliphatic carbocycles. The van der Waals surface area contributed by atoms with Gasteiger partial charge >= 0.3 is 0 Å². The zero-order chi connectivity index (χ0) is 15.8. The Balaban J connectivity index is 2.07. The quantitative estimate of drug-likeness (QED) is 0.797. The van der Waals surface area contributed by atoms with Gasteiger partial charge in [0.05, 0.1) is 11.6 Å². The Morgan fingerprint density at radius 2 is 2.00 bits per heavy atom. The van der Waals surface area contributed by atoms with Crippen LogP contribution in [0.3, 0.4) is 0 Å². The number of aliphatic hydroxyl groups is 1. The van der Waals surface area contributed by atoms with Crippen LogP contribution in [0.25, 0.3) is 0 Å². The Morgan fingerprint density at radius 3 is 2.68 bits per heavy atom. The van der Waals surface area contributed by atoms with Crippen molar-refractivity contribution in [3.8, 4) is 0 Å². The number of hydrogen-bond donors (Lipinski definition) is 1. The molecule has 1 aromatic carbocycles. The van der Waals surface area contributed by atoms with E-state index in [1.54, 1.807) is 23.2 Å². The summed E-state index contributed by atoms with van der Waals surface area (Å²) >= 11 is 1.50. The lowest BCUT2D eigenvalue weighted by atomic mass is 10.1. The number of hydrogen-bond acceptors (Lipinski definition) is 4. The molecular formula is C17H20N2O2S. The lowest BCUT2D eigenvalue weighted by Gasteiger charge is -2.22. The molecule has 0 atom stereocenters. The summed E-state index contributed by atoms with van der Waals surface area (Å²) in [6.45, 7) is 0.879. The highest BCUT2D eigenvalue weighted by atomic mass is 32.2. The third-order valence-electron chi connectivity index (χ3n) is 3.36. The van der Waals surface area contributed by atoms with E-state index in [9.17, 15) is 9.90 Å². The number of amides is 1. The highest BCUT2D eigenvalue weighted by molar-refractivity contribution is 7.98. The van der Waals surface area contributed by atoms with Crippen LogP contribution >= 0.6 is 11.8 Å². The van der Waals surface area contributed by atoms with E-state index in [1.807, 2.05) is 36.6 Å². The van der Waals surface area contributed by atoms with Crippen LogP contribution in [-0.4, -0.2) is 46.8 Å². The van der Waals surface area contributed by atoms with Gasteiger partial charge in [0.15, 0.2) is 0 Å². The van der Waals surface area contributed by atoms with Gasteiger partial charge in [-0.2, -0.15) is 0 Å². The van der Waals surface area contributed by atoms with Crippen molar-refractivity contribution in [1.82, 2.24) is 9.88 Å². The SMILES string of the molecule is CSc1cc(C(=O)N(CCO)CCc2ccccc2)ccn1. The van der Waals surface area contributed by atoms with Crippen molar-refractivity contribution in [3.63, 3.8) is 0 Å². The lowest BCUT2D eigenvalue weighted by molar-refractivity contribution is 0.0723. The molecule has 0 aliphatic rings. The van der Waals surface area contributed by atoms with Crippen molar-refractivity contribution in [3.05, 3.63) is 59.8 Å². The maximum atomic E-state index is 12.6. The molecule has 1 aromatic heterocycles. The standard InChI is InChI=1S/C17H20N2O2S/c1-22-16-13-15(7-9-18-16)17(21)19(11-12-20)10-8-14-5-3-2-4-6-14/h2-7,9,13,20H,8,10-12H2,1H3. The summed E-state index contributed by atoms with van der Waals surface area (Å²) < 4.78 is 0. The smallest absolute Gasteiger partial charge is 0.254 e. The summed E-state index contributed by atoms with van der Waals surface area (Å²) in [5.74, 6) is -0.0670. The van der Waals surface area contributed by atoms with Crippen molar-refractivity contribution in [1.29, 1.82) is 0 Å². The van der Waals surface area contributed by atoms with Gasteiger partial charge in [0.2, 0.25) is 0 Å². The van der Waals surface area contributed by atoms with Crippen molar-refractivity contribution < 1.29 is 9.90 Å². The molecule has 22 heavy (non-hydrogen) atoms. The summed E-state index contributed by atoms with van der Waals surface area (Å²) in [6, 6.07) is 13.5. The van der Waals surface area contributed by atoms with Gasteiger partial charge in [-0.1, -0.05) is 30.3 Å². The van der Waals surface area contributed by atoms with Gasteiger partial charge in [-0.15, -0.1) is 11.8 Å². The van der Waals surface area contributed by atoms with Gasteiger partial charge in [-0.3, -0.25) is 4.79 Å². The van der Waals surface area contributed by atoms with Gasteiger partial charge < -0.3 is 10.0 Å². The molecule has 1 N–H and O–H groups in total. The highest BCUT2D eigenvalue weighted by Gasteiger charge is 2.15. The van der Waals surface area contributed by atoms with Crippen LogP contribution in [0.15, 0.2) is 53.7 Å². The maximum absolute atomic E-state index is 12.6. The second kappa shape index (κ2) is 8.56. The van der Waals surface area contributed by atoms with E-state index in [-0.39, 0.29) is 12.5 Å². The molecule has 1 amide bonds. The number of benzene rings is 1. The Kier molecular flexibility index (Phi) is 6.43. The molecule has 0 bridgehead atoms. The molecule has 0 radical (unpaired) electrons. The first-order valence-electron chi connectivity index (χ1n) is 7.18. The molecule has 0 aliphatic heterocycles. The molecule has 0 unspecified atom stereocenters. The summed E-state index contributed by atoms with van der Waals surface area (Å²) in [6.07, 6.45) is 4.35. The maximum Gasteiger partial charge on any atom is 0.254 e. The Morgan fingerprint density at radius 1 is 1.23 bits per heavy atom. The van der Waals surface area contributed by atoms with Gasteiger partial charge in [-0.05, 0) is 30.4 Å². The molecule has 0 fully saturated rings. The van der Waals surface area contributed by atoms with Crippen LogP contribution in [-0.2, 0) is 6.42 Å². The van der Waals surface area contributed by atoms with E-state index in [0.29, 0.717) is 18.7 Å². The average molecular weight is 316 g/mol. The van der Waals surface area contributed by atoms with Gasteiger partial charge in [0, 0.05) is 24.8 Å². The van der Waals surface area contributed by atoms with Crippen molar-refractivity contribution >= 4 is 17.7 Å². The topological polar surface area (TPSA) is 53.4 Å². The number of carbonyl (C=O) groups excluding carboxylic acids is 1. The van der Waals surface area contributed by atoms with E-state index < -0.39 is 0 Å². The molecule has 1 heterocycles. The van der Waals surface area contributed by atoms with Crippen LogP contribution in [0.4, 0.5) is 0 Å². The minimum atomic E-state index is -0.0670. The predicted molar refractivity (Wildman–Crippen MR) is 89.2 cm³/mol. The predicted octanol–water partition coefficient (Wildman–Crippen LogP) is 2.48. The number of aromatic nitrogens is 1. The first-order chi connectivity index (χ1) is 10.7. The van der Waals surface area contributed by atoms with E-state index >= 15 is 0 Å².